The lowest BCUT2D eigenvalue weighted by Crippen LogP contribution is -2.49. The van der Waals surface area contributed by atoms with Gasteiger partial charge in [-0.1, -0.05) is 34.6 Å². The van der Waals surface area contributed by atoms with Crippen LogP contribution in [0, 0.1) is 11.3 Å². The van der Waals surface area contributed by atoms with Gasteiger partial charge in [-0.05, 0) is 31.6 Å². The van der Waals surface area contributed by atoms with Crippen molar-refractivity contribution in [1.82, 2.24) is 4.90 Å². The summed E-state index contributed by atoms with van der Waals surface area (Å²) in [6.45, 7) is 13.0. The summed E-state index contributed by atoms with van der Waals surface area (Å²) < 4.78 is 0. The van der Waals surface area contributed by atoms with Crippen LogP contribution in [-0.2, 0) is 4.79 Å². The zero-order valence-electron chi connectivity index (χ0n) is 11.7. The molecule has 1 rings (SSSR count). The highest BCUT2D eigenvalue weighted by Crippen LogP contribution is 2.37. The van der Waals surface area contributed by atoms with E-state index in [1.807, 2.05) is 13.8 Å². The number of amides is 1. The minimum atomic E-state index is 0.121. The van der Waals surface area contributed by atoms with Crippen LogP contribution < -0.4 is 0 Å². The maximum Gasteiger partial charge on any atom is 0.225 e. The van der Waals surface area contributed by atoms with Gasteiger partial charge in [0.2, 0.25) is 5.91 Å². The van der Waals surface area contributed by atoms with E-state index in [1.165, 1.54) is 12.8 Å². The molecule has 0 aliphatic heterocycles. The Morgan fingerprint density at radius 1 is 1.31 bits per heavy atom. The lowest BCUT2D eigenvalue weighted by molar-refractivity contribution is -0.139. The van der Waals surface area contributed by atoms with Crippen LogP contribution in [0.5, 0.6) is 0 Å². The fraction of sp³-hybridized carbons (Fsp3) is 0.929. The molecule has 0 saturated heterocycles. The summed E-state index contributed by atoms with van der Waals surface area (Å²) in [5.41, 5.74) is 0.215. The molecule has 2 nitrogen and oxygen atoms in total. The van der Waals surface area contributed by atoms with Crippen molar-refractivity contribution >= 4 is 5.91 Å². The van der Waals surface area contributed by atoms with Crippen molar-refractivity contribution in [3.63, 3.8) is 0 Å². The summed E-state index contributed by atoms with van der Waals surface area (Å²) >= 11 is 0. The zero-order chi connectivity index (χ0) is 12.5. The fourth-order valence-electron chi connectivity index (χ4n) is 2.01. The van der Waals surface area contributed by atoms with Crippen molar-refractivity contribution in [2.45, 2.75) is 72.9 Å². The second-order valence-corrected chi connectivity index (χ2v) is 6.15. The van der Waals surface area contributed by atoms with Gasteiger partial charge in [0.05, 0.1) is 0 Å². The first-order valence-electron chi connectivity index (χ1n) is 6.63. The molecule has 1 atom stereocenters. The SMILES string of the molecule is CCC(C)(C)[C@H](C)N(C(=O)C(C)C)C1CC1. The van der Waals surface area contributed by atoms with Crippen molar-refractivity contribution in [3.8, 4) is 0 Å². The molecule has 0 spiro atoms. The molecule has 0 unspecified atom stereocenters. The Balaban J connectivity index is 2.81. The number of hydrogen-bond donors (Lipinski definition) is 0. The number of hydrogen-bond acceptors (Lipinski definition) is 1. The number of carbonyl (C=O) groups excluding carboxylic acids is 1. The highest BCUT2D eigenvalue weighted by molar-refractivity contribution is 5.79. The van der Waals surface area contributed by atoms with Crippen LogP contribution >= 0.6 is 0 Å². The smallest absolute Gasteiger partial charge is 0.225 e. The normalized spacial score (nSPS) is 18.7. The molecule has 1 aliphatic carbocycles. The van der Waals surface area contributed by atoms with Gasteiger partial charge in [0.25, 0.3) is 0 Å². The third-order valence-corrected chi connectivity index (χ3v) is 4.15. The van der Waals surface area contributed by atoms with Crippen LogP contribution in [0.15, 0.2) is 0 Å². The molecule has 0 aromatic carbocycles. The second kappa shape index (κ2) is 4.77. The van der Waals surface area contributed by atoms with Crippen LogP contribution in [-0.4, -0.2) is 22.9 Å². The van der Waals surface area contributed by atoms with E-state index < -0.39 is 0 Å². The third-order valence-electron chi connectivity index (χ3n) is 4.15. The summed E-state index contributed by atoms with van der Waals surface area (Å²) in [6, 6.07) is 0.871. The standard InChI is InChI=1S/C14H27NO/c1-7-14(5,6)11(4)15(12-8-9-12)13(16)10(2)3/h10-12H,7-9H2,1-6H3/t11-/m0/s1. The molecule has 1 aliphatic rings. The molecule has 1 saturated carbocycles. The van der Waals surface area contributed by atoms with Gasteiger partial charge in [0, 0.05) is 18.0 Å². The van der Waals surface area contributed by atoms with Gasteiger partial charge in [0.15, 0.2) is 0 Å². The number of carbonyl (C=O) groups is 1. The first kappa shape index (κ1) is 13.5. The quantitative estimate of drug-likeness (QED) is 0.701. The maximum absolute atomic E-state index is 12.3. The van der Waals surface area contributed by atoms with E-state index in [2.05, 4.69) is 32.6 Å². The second-order valence-electron chi connectivity index (χ2n) is 6.15. The molecule has 94 valence electrons. The Labute approximate surface area is 100 Å². The van der Waals surface area contributed by atoms with Gasteiger partial charge >= 0.3 is 0 Å². The molecular formula is C14H27NO. The summed E-state index contributed by atoms with van der Waals surface area (Å²) in [5, 5.41) is 0. The van der Waals surface area contributed by atoms with Crippen molar-refractivity contribution in [1.29, 1.82) is 0 Å². The van der Waals surface area contributed by atoms with Crippen LogP contribution in [0.1, 0.15) is 60.8 Å². The predicted octanol–water partition coefficient (Wildman–Crippen LogP) is 3.46. The maximum atomic E-state index is 12.3. The van der Waals surface area contributed by atoms with E-state index in [9.17, 15) is 4.79 Å². The molecule has 2 heteroatoms. The zero-order valence-corrected chi connectivity index (χ0v) is 11.7. The molecular weight excluding hydrogens is 198 g/mol. The van der Waals surface area contributed by atoms with Crippen molar-refractivity contribution in [3.05, 3.63) is 0 Å². The summed E-state index contributed by atoms with van der Waals surface area (Å²) in [4.78, 5) is 14.4. The first-order valence-corrected chi connectivity index (χ1v) is 6.63. The Morgan fingerprint density at radius 2 is 1.81 bits per heavy atom. The Kier molecular flexibility index (Phi) is 4.03. The number of rotatable bonds is 5. The minimum Gasteiger partial charge on any atom is -0.336 e. The molecule has 1 fully saturated rings. The Bertz CT molecular complexity index is 253. The lowest BCUT2D eigenvalue weighted by Gasteiger charge is -2.41. The van der Waals surface area contributed by atoms with E-state index >= 15 is 0 Å². The van der Waals surface area contributed by atoms with Gasteiger partial charge < -0.3 is 4.90 Å². The van der Waals surface area contributed by atoms with Crippen molar-refractivity contribution in [2.24, 2.45) is 11.3 Å². The third kappa shape index (κ3) is 2.78. The van der Waals surface area contributed by atoms with Gasteiger partial charge in [-0.3, -0.25) is 4.79 Å². The summed E-state index contributed by atoms with van der Waals surface area (Å²) in [5.74, 6) is 0.451. The van der Waals surface area contributed by atoms with Crippen LogP contribution in [0.3, 0.4) is 0 Å². The van der Waals surface area contributed by atoms with Gasteiger partial charge in [-0.2, -0.15) is 0 Å². The lowest BCUT2D eigenvalue weighted by atomic mass is 9.81. The highest BCUT2D eigenvalue weighted by Gasteiger charge is 2.41. The molecule has 0 N–H and O–H groups in total. The van der Waals surface area contributed by atoms with E-state index in [4.69, 9.17) is 0 Å². The minimum absolute atomic E-state index is 0.121. The van der Waals surface area contributed by atoms with Crippen LogP contribution in [0.2, 0.25) is 0 Å². The molecule has 0 aromatic heterocycles. The van der Waals surface area contributed by atoms with Gasteiger partial charge in [0.1, 0.15) is 0 Å². The van der Waals surface area contributed by atoms with Gasteiger partial charge in [-0.25, -0.2) is 0 Å². The largest absolute Gasteiger partial charge is 0.336 e. The molecule has 0 radical (unpaired) electrons. The predicted molar refractivity (Wildman–Crippen MR) is 68.2 cm³/mol. The topological polar surface area (TPSA) is 20.3 Å². The average Bonchev–Trinajstić information content (AvgIpc) is 3.01. The molecule has 0 heterocycles. The van der Waals surface area contributed by atoms with E-state index in [-0.39, 0.29) is 11.3 Å². The highest BCUT2D eigenvalue weighted by atomic mass is 16.2. The van der Waals surface area contributed by atoms with E-state index in [0.29, 0.717) is 18.0 Å². The first-order chi connectivity index (χ1) is 7.31. The summed E-state index contributed by atoms with van der Waals surface area (Å²) in [6.07, 6.45) is 3.51. The van der Waals surface area contributed by atoms with Crippen LogP contribution in [0.4, 0.5) is 0 Å². The molecule has 16 heavy (non-hydrogen) atoms. The number of nitrogens with zero attached hydrogens (tertiary/aromatic N) is 1. The van der Waals surface area contributed by atoms with E-state index in [1.54, 1.807) is 0 Å². The Morgan fingerprint density at radius 3 is 2.12 bits per heavy atom. The van der Waals surface area contributed by atoms with Crippen molar-refractivity contribution < 1.29 is 4.79 Å². The van der Waals surface area contributed by atoms with E-state index in [0.717, 1.165) is 6.42 Å². The van der Waals surface area contributed by atoms with Crippen LogP contribution in [0.25, 0.3) is 0 Å². The van der Waals surface area contributed by atoms with Crippen molar-refractivity contribution in [2.75, 3.05) is 0 Å². The summed E-state index contributed by atoms with van der Waals surface area (Å²) in [7, 11) is 0. The monoisotopic (exact) mass is 225 g/mol. The Hall–Kier alpha value is -0.530. The van der Waals surface area contributed by atoms with Gasteiger partial charge in [-0.15, -0.1) is 0 Å². The fourth-order valence-corrected chi connectivity index (χ4v) is 2.01. The molecule has 1 amide bonds. The average molecular weight is 225 g/mol. The molecule has 0 aromatic rings. The molecule has 0 bridgehead atoms.